The van der Waals surface area contributed by atoms with Crippen LogP contribution in [-0.4, -0.2) is 22.2 Å². The number of carbonyl (C=O) groups is 2. The highest BCUT2D eigenvalue weighted by atomic mass is 31.0. The molecule has 6 heteroatoms. The Morgan fingerprint density at radius 2 is 1.93 bits per heavy atom. The molecule has 0 radical (unpaired) electrons. The van der Waals surface area contributed by atoms with Gasteiger partial charge in [-0.05, 0) is 13.3 Å². The fourth-order valence-electron chi connectivity index (χ4n) is 1.18. The molecule has 0 aromatic rings. The number of allylic oxidation sites excluding steroid dienone is 2. The number of hydrogen-bond acceptors (Lipinski definition) is 3. The van der Waals surface area contributed by atoms with E-state index in [4.69, 9.17) is 14.8 Å². The number of hydrogen-bond donors (Lipinski definition) is 2. The van der Waals surface area contributed by atoms with Gasteiger partial charge in [0.2, 0.25) is 0 Å². The van der Waals surface area contributed by atoms with E-state index in [1.165, 1.54) is 25.2 Å². The molecule has 1 aliphatic rings. The summed E-state index contributed by atoms with van der Waals surface area (Å²) < 4.78 is 8.06. The zero-order valence-electron chi connectivity index (χ0n) is 8.06. The van der Waals surface area contributed by atoms with E-state index in [9.17, 15) is 9.59 Å². The molecule has 0 saturated heterocycles. The molecule has 0 spiro atoms. The van der Waals surface area contributed by atoms with Gasteiger partial charge in [-0.25, -0.2) is 4.79 Å². The second kappa shape index (κ2) is 5.41. The van der Waals surface area contributed by atoms with E-state index in [2.05, 4.69) is 0 Å². The average molecular weight is 230 g/mol. The molecule has 0 aliphatic heterocycles. The largest absolute Gasteiger partial charge is 0.481 e. The molecule has 0 bridgehead atoms. The average Bonchev–Trinajstić information content (AvgIpc) is 2.20. The Morgan fingerprint density at radius 3 is 2.33 bits per heavy atom. The maximum Gasteiger partial charge on any atom is 0.331 e. The summed E-state index contributed by atoms with van der Waals surface area (Å²) in [4.78, 5) is 21.3. The van der Waals surface area contributed by atoms with Crippen molar-refractivity contribution < 1.29 is 24.4 Å². The van der Waals surface area contributed by atoms with Crippen molar-refractivity contribution in [1.29, 1.82) is 0 Å². The molecule has 1 atom stereocenters. The van der Waals surface area contributed by atoms with Gasteiger partial charge in [-0.2, -0.15) is 0 Å². The second-order valence-corrected chi connectivity index (χ2v) is 3.26. The molecule has 0 fully saturated rings. The second-order valence-electron chi connectivity index (χ2n) is 3.26. The van der Waals surface area contributed by atoms with Crippen LogP contribution in [-0.2, 0) is 14.2 Å². The fourth-order valence-corrected chi connectivity index (χ4v) is 1.18. The SMILES string of the molecule is CC1(C(=O)O)C=CC=C(C(=O)O)C1.O=P. The Bertz CT molecular complexity index is 333. The Labute approximate surface area is 88.7 Å². The van der Waals surface area contributed by atoms with Crippen molar-refractivity contribution >= 4 is 21.1 Å². The highest BCUT2D eigenvalue weighted by Crippen LogP contribution is 2.31. The maximum atomic E-state index is 10.8. The minimum Gasteiger partial charge on any atom is -0.481 e. The van der Waals surface area contributed by atoms with Gasteiger partial charge in [0, 0.05) is 5.57 Å². The molecule has 5 nitrogen and oxygen atoms in total. The van der Waals surface area contributed by atoms with Crippen LogP contribution in [0, 0.1) is 5.41 Å². The summed E-state index contributed by atoms with van der Waals surface area (Å²) in [6.45, 7) is 1.50. The summed E-state index contributed by atoms with van der Waals surface area (Å²) >= 11 is 0. The molecule has 0 aromatic heterocycles. The van der Waals surface area contributed by atoms with E-state index in [0.717, 1.165) is 0 Å². The standard InChI is InChI=1S/C9H10O4.HOP/c1-9(8(12)13)4-2-3-6(5-9)7(10)11;1-2/h2-4H,5H2,1H3,(H,10,11)(H,12,13);2H. The molecule has 0 aromatic carbocycles. The minimum absolute atomic E-state index is 0.0359. The summed E-state index contributed by atoms with van der Waals surface area (Å²) in [5, 5.41) is 17.5. The molecule has 0 heterocycles. The van der Waals surface area contributed by atoms with E-state index in [1.807, 2.05) is 0 Å². The molecule has 1 unspecified atom stereocenters. The van der Waals surface area contributed by atoms with E-state index < -0.39 is 17.4 Å². The monoisotopic (exact) mass is 230 g/mol. The summed E-state index contributed by atoms with van der Waals surface area (Å²) in [5.74, 6) is -2.06. The van der Waals surface area contributed by atoms with Gasteiger partial charge in [-0.3, -0.25) is 9.36 Å². The normalized spacial score (nSPS) is 23.4. The number of rotatable bonds is 2. The summed E-state index contributed by atoms with van der Waals surface area (Å²) in [5.41, 5.74) is -0.949. The van der Waals surface area contributed by atoms with Crippen LogP contribution < -0.4 is 0 Å². The fraction of sp³-hybridized carbons (Fsp3) is 0.333. The molecule has 2 N–H and O–H groups in total. The smallest absolute Gasteiger partial charge is 0.331 e. The van der Waals surface area contributed by atoms with Crippen molar-refractivity contribution in [3.05, 3.63) is 23.8 Å². The van der Waals surface area contributed by atoms with Gasteiger partial charge in [-0.15, -0.1) is 0 Å². The number of aliphatic carboxylic acids is 2. The van der Waals surface area contributed by atoms with Crippen molar-refractivity contribution in [3.8, 4) is 0 Å². The van der Waals surface area contributed by atoms with E-state index in [1.54, 1.807) is 9.12 Å². The molecule has 15 heavy (non-hydrogen) atoms. The van der Waals surface area contributed by atoms with Crippen LogP contribution in [0.15, 0.2) is 23.8 Å². The third kappa shape index (κ3) is 3.29. The molecular weight excluding hydrogens is 219 g/mol. The first-order valence-electron chi connectivity index (χ1n) is 4.01. The lowest BCUT2D eigenvalue weighted by Crippen LogP contribution is -2.28. The predicted molar refractivity (Wildman–Crippen MR) is 54.2 cm³/mol. The molecule has 1 rings (SSSR count). The van der Waals surface area contributed by atoms with Crippen LogP contribution in [0.1, 0.15) is 13.3 Å². The maximum absolute atomic E-state index is 10.8. The van der Waals surface area contributed by atoms with Gasteiger partial charge in [-0.1, -0.05) is 18.2 Å². The van der Waals surface area contributed by atoms with Crippen molar-refractivity contribution in [3.63, 3.8) is 0 Å². The van der Waals surface area contributed by atoms with Crippen molar-refractivity contribution in [2.45, 2.75) is 13.3 Å². The van der Waals surface area contributed by atoms with Gasteiger partial charge >= 0.3 is 11.9 Å². The van der Waals surface area contributed by atoms with E-state index in [-0.39, 0.29) is 12.0 Å². The first kappa shape index (κ1) is 13.5. The summed E-state index contributed by atoms with van der Waals surface area (Å²) in [7, 11) is 1.72. The van der Waals surface area contributed by atoms with Crippen LogP contribution in [0.2, 0.25) is 0 Å². The quantitative estimate of drug-likeness (QED) is 0.701. The summed E-state index contributed by atoms with van der Waals surface area (Å²) in [6.07, 6.45) is 4.43. The number of carboxylic acid groups (broad SMARTS) is 2. The van der Waals surface area contributed by atoms with Crippen LogP contribution in [0.3, 0.4) is 0 Å². The molecule has 0 amide bonds. The van der Waals surface area contributed by atoms with Gasteiger partial charge in [0.05, 0.1) is 5.41 Å². The lowest BCUT2D eigenvalue weighted by atomic mass is 9.80. The Hall–Kier alpha value is -1.48. The lowest BCUT2D eigenvalue weighted by molar-refractivity contribution is -0.145. The van der Waals surface area contributed by atoms with Crippen molar-refractivity contribution in [1.82, 2.24) is 0 Å². The van der Waals surface area contributed by atoms with E-state index in [0.29, 0.717) is 0 Å². The van der Waals surface area contributed by atoms with Crippen LogP contribution in [0.5, 0.6) is 0 Å². The number of carboxylic acids is 2. The van der Waals surface area contributed by atoms with Gasteiger partial charge in [0.25, 0.3) is 0 Å². The molecular formula is C9H11O5P. The third-order valence-corrected chi connectivity index (χ3v) is 2.08. The minimum atomic E-state index is -1.08. The van der Waals surface area contributed by atoms with Gasteiger partial charge < -0.3 is 10.2 Å². The Morgan fingerprint density at radius 1 is 1.40 bits per heavy atom. The zero-order chi connectivity index (χ0) is 12.1. The van der Waals surface area contributed by atoms with Crippen molar-refractivity contribution in [2.24, 2.45) is 5.41 Å². The molecule has 82 valence electrons. The van der Waals surface area contributed by atoms with Crippen molar-refractivity contribution in [2.75, 3.05) is 0 Å². The van der Waals surface area contributed by atoms with Gasteiger partial charge in [0.15, 0.2) is 0 Å². The highest BCUT2D eigenvalue weighted by Gasteiger charge is 2.34. The van der Waals surface area contributed by atoms with E-state index >= 15 is 0 Å². The zero-order valence-corrected chi connectivity index (χ0v) is 9.06. The third-order valence-electron chi connectivity index (χ3n) is 2.08. The molecule has 0 saturated carbocycles. The first-order chi connectivity index (χ1) is 6.96. The van der Waals surface area contributed by atoms with Crippen LogP contribution >= 0.6 is 9.12 Å². The van der Waals surface area contributed by atoms with Crippen LogP contribution in [0.25, 0.3) is 0 Å². The predicted octanol–water partition coefficient (Wildman–Crippen LogP) is 1.52. The first-order valence-corrected chi connectivity index (χ1v) is 4.42. The van der Waals surface area contributed by atoms with Gasteiger partial charge in [0.1, 0.15) is 9.12 Å². The topological polar surface area (TPSA) is 91.7 Å². The van der Waals surface area contributed by atoms with Crippen LogP contribution in [0.4, 0.5) is 0 Å². The molecule has 1 aliphatic carbocycles. The Kier molecular flexibility index (Phi) is 4.88. The lowest BCUT2D eigenvalue weighted by Gasteiger charge is -2.23. The highest BCUT2D eigenvalue weighted by molar-refractivity contribution is 7.00. The Balaban J connectivity index is 0.000000921. The summed E-state index contributed by atoms with van der Waals surface area (Å²) in [6, 6.07) is 0.